The lowest BCUT2D eigenvalue weighted by Gasteiger charge is -2.27. The van der Waals surface area contributed by atoms with E-state index >= 15 is 0 Å². The summed E-state index contributed by atoms with van der Waals surface area (Å²) in [5, 5.41) is 0.646. The minimum atomic E-state index is 0.101. The van der Waals surface area contributed by atoms with E-state index < -0.39 is 0 Å². The van der Waals surface area contributed by atoms with Gasteiger partial charge in [-0.15, -0.1) is 0 Å². The highest BCUT2D eigenvalue weighted by Crippen LogP contribution is 2.32. The first-order chi connectivity index (χ1) is 5.08. The molecule has 1 heteroatoms. The Hall–Kier alpha value is 0.217. The molecule has 0 aliphatic heterocycles. The van der Waals surface area contributed by atoms with Gasteiger partial charge in [0.15, 0.2) is 0 Å². The highest BCUT2D eigenvalue weighted by Gasteiger charge is 2.21. The lowest BCUT2D eigenvalue weighted by molar-refractivity contribution is 0.661. The molecule has 0 nitrogen and oxygen atoms in total. The van der Waals surface area contributed by atoms with E-state index in [9.17, 15) is 0 Å². The molecule has 1 aliphatic rings. The molecule has 0 N–H and O–H groups in total. The Labute approximate surface area is 73.6 Å². The van der Waals surface area contributed by atoms with E-state index in [-0.39, 0.29) is 9.52 Å². The van der Waals surface area contributed by atoms with Crippen LogP contribution in [0.3, 0.4) is 0 Å². The molecule has 0 spiro atoms. The second-order valence-corrected chi connectivity index (χ2v) is 8.33. The fourth-order valence-corrected chi connectivity index (χ4v) is 4.07. The Morgan fingerprint density at radius 3 is 2.18 bits per heavy atom. The van der Waals surface area contributed by atoms with Crippen LogP contribution in [0.4, 0.5) is 0 Å². The number of rotatable bonds is 1. The van der Waals surface area contributed by atoms with Gasteiger partial charge in [-0.2, -0.15) is 0 Å². The van der Waals surface area contributed by atoms with Crippen molar-refractivity contribution < 1.29 is 0 Å². The maximum atomic E-state index is 2.44. The number of hydrogen-bond donors (Lipinski definition) is 0. The molecular formula is C10H20Si. The zero-order valence-electron chi connectivity index (χ0n) is 8.11. The van der Waals surface area contributed by atoms with Crippen LogP contribution in [0.25, 0.3) is 0 Å². The first-order valence-electron chi connectivity index (χ1n) is 4.73. The average Bonchev–Trinajstić information content (AvgIpc) is 1.85. The van der Waals surface area contributed by atoms with Gasteiger partial charge < -0.3 is 0 Å². The second-order valence-electron chi connectivity index (χ2n) is 4.85. The van der Waals surface area contributed by atoms with E-state index in [1.807, 2.05) is 5.54 Å². The lowest BCUT2D eigenvalue weighted by atomic mass is 10.0. The van der Waals surface area contributed by atoms with Crippen LogP contribution in [0.2, 0.25) is 5.04 Å². The highest BCUT2D eigenvalue weighted by molar-refractivity contribution is 6.46. The van der Waals surface area contributed by atoms with Gasteiger partial charge in [0.1, 0.15) is 0 Å². The molecule has 11 heavy (non-hydrogen) atoms. The summed E-state index contributed by atoms with van der Waals surface area (Å²) >= 11 is 0. The second kappa shape index (κ2) is 3.75. The van der Waals surface area contributed by atoms with E-state index in [1.165, 1.54) is 25.7 Å². The third kappa shape index (κ3) is 3.95. The quantitative estimate of drug-likeness (QED) is 0.528. The molecule has 2 radical (unpaired) electrons. The van der Waals surface area contributed by atoms with Crippen LogP contribution in [-0.4, -0.2) is 9.52 Å². The summed E-state index contributed by atoms with van der Waals surface area (Å²) in [7, 11) is 0.101. The Bertz CT molecular complexity index is 107. The first kappa shape index (κ1) is 9.31. The molecular weight excluding hydrogens is 148 g/mol. The molecule has 0 heterocycles. The summed E-state index contributed by atoms with van der Waals surface area (Å²) in [5.41, 5.74) is 1.93. The standard InChI is InChI=1S/C10H20Si/c1-10(2,3)11-9-7-5-4-6-8-9/h4H,5-8,11H2,1-3H3. The van der Waals surface area contributed by atoms with Crippen LogP contribution in [0.1, 0.15) is 46.5 Å². The summed E-state index contributed by atoms with van der Waals surface area (Å²) in [5.74, 6) is 0. The van der Waals surface area contributed by atoms with Gasteiger partial charge in [-0.3, -0.25) is 0 Å². The summed E-state index contributed by atoms with van der Waals surface area (Å²) in [6, 6.07) is 0. The molecule has 0 aromatic rings. The van der Waals surface area contributed by atoms with Crippen molar-refractivity contribution in [1.82, 2.24) is 0 Å². The molecule has 1 saturated carbocycles. The zero-order chi connectivity index (χ0) is 8.32. The molecule has 0 aromatic carbocycles. The van der Waals surface area contributed by atoms with E-state index in [0.717, 1.165) is 0 Å². The monoisotopic (exact) mass is 168 g/mol. The van der Waals surface area contributed by atoms with E-state index in [4.69, 9.17) is 0 Å². The van der Waals surface area contributed by atoms with Gasteiger partial charge in [-0.25, -0.2) is 0 Å². The maximum absolute atomic E-state index is 2.44. The Morgan fingerprint density at radius 2 is 1.73 bits per heavy atom. The molecule has 0 saturated heterocycles. The van der Waals surface area contributed by atoms with Gasteiger partial charge in [0.05, 0.1) is 0 Å². The fraction of sp³-hybridized carbons (Fsp3) is 0.800. The highest BCUT2D eigenvalue weighted by atomic mass is 28.2. The van der Waals surface area contributed by atoms with Crippen molar-refractivity contribution in [3.8, 4) is 0 Å². The molecule has 0 aromatic heterocycles. The minimum absolute atomic E-state index is 0.101. The third-order valence-corrected chi connectivity index (χ3v) is 4.45. The van der Waals surface area contributed by atoms with Crippen molar-refractivity contribution in [1.29, 1.82) is 0 Å². The van der Waals surface area contributed by atoms with Gasteiger partial charge >= 0.3 is 0 Å². The topological polar surface area (TPSA) is 0 Å². The van der Waals surface area contributed by atoms with Crippen LogP contribution in [0.15, 0.2) is 0 Å². The normalized spacial score (nSPS) is 23.2. The van der Waals surface area contributed by atoms with Crippen molar-refractivity contribution in [2.45, 2.75) is 51.5 Å². The summed E-state index contributed by atoms with van der Waals surface area (Å²) in [6.07, 6.45) is 8.00. The SMILES string of the molecule is CC(C)(C)[SiH2][C]1CC[CH]CC1. The van der Waals surface area contributed by atoms with Crippen LogP contribution in [-0.2, 0) is 0 Å². The van der Waals surface area contributed by atoms with Crippen molar-refractivity contribution in [2.75, 3.05) is 0 Å². The first-order valence-corrected chi connectivity index (χ1v) is 6.14. The predicted octanol–water partition coefficient (Wildman–Crippen LogP) is 2.68. The molecule has 1 rings (SSSR count). The smallest absolute Gasteiger partial charge is 0.0333 e. The minimum Gasteiger partial charge on any atom is -0.0631 e. The van der Waals surface area contributed by atoms with E-state index in [1.54, 1.807) is 0 Å². The Morgan fingerprint density at radius 1 is 1.18 bits per heavy atom. The summed E-state index contributed by atoms with van der Waals surface area (Å²) in [4.78, 5) is 0. The van der Waals surface area contributed by atoms with Crippen LogP contribution >= 0.6 is 0 Å². The number of hydrogen-bond acceptors (Lipinski definition) is 0. The summed E-state index contributed by atoms with van der Waals surface area (Å²) < 4.78 is 0. The van der Waals surface area contributed by atoms with E-state index in [0.29, 0.717) is 5.04 Å². The largest absolute Gasteiger partial charge is 0.0631 e. The van der Waals surface area contributed by atoms with Gasteiger partial charge in [-0.1, -0.05) is 33.6 Å². The molecule has 0 atom stereocenters. The average molecular weight is 168 g/mol. The van der Waals surface area contributed by atoms with Crippen LogP contribution < -0.4 is 0 Å². The van der Waals surface area contributed by atoms with Gasteiger partial charge in [-0.05, 0) is 29.8 Å². The van der Waals surface area contributed by atoms with Crippen molar-refractivity contribution >= 4 is 9.52 Å². The molecule has 0 amide bonds. The van der Waals surface area contributed by atoms with Crippen molar-refractivity contribution in [2.24, 2.45) is 0 Å². The molecule has 1 aliphatic carbocycles. The Balaban J connectivity index is 2.24. The fourth-order valence-electron chi connectivity index (χ4n) is 1.81. The van der Waals surface area contributed by atoms with Crippen molar-refractivity contribution in [3.05, 3.63) is 12.0 Å². The summed E-state index contributed by atoms with van der Waals surface area (Å²) in [6.45, 7) is 7.18. The van der Waals surface area contributed by atoms with Gasteiger partial charge in [0.25, 0.3) is 0 Å². The van der Waals surface area contributed by atoms with Crippen LogP contribution in [0, 0.1) is 12.0 Å². The van der Waals surface area contributed by atoms with E-state index in [2.05, 4.69) is 27.2 Å². The zero-order valence-corrected chi connectivity index (χ0v) is 9.53. The predicted molar refractivity (Wildman–Crippen MR) is 54.3 cm³/mol. The van der Waals surface area contributed by atoms with Crippen molar-refractivity contribution in [3.63, 3.8) is 0 Å². The van der Waals surface area contributed by atoms with Gasteiger partial charge in [0, 0.05) is 9.52 Å². The third-order valence-electron chi connectivity index (χ3n) is 2.18. The molecule has 0 unspecified atom stereocenters. The molecule has 64 valence electrons. The molecule has 1 fully saturated rings. The lowest BCUT2D eigenvalue weighted by Crippen LogP contribution is -2.20. The van der Waals surface area contributed by atoms with Gasteiger partial charge in [0.2, 0.25) is 0 Å². The maximum Gasteiger partial charge on any atom is 0.0333 e. The molecule has 0 bridgehead atoms. The van der Waals surface area contributed by atoms with Crippen LogP contribution in [0.5, 0.6) is 0 Å². The Kier molecular flexibility index (Phi) is 3.17.